The standard InChI is InChI=1S/C14H23N5/c1-14(2,3)12-10-11-13(16-7-5-4-6-15)17-8-9-19(11)18-12/h8-10H,4-7,15H2,1-3H3,(H,16,17). The largest absolute Gasteiger partial charge is 0.368 e. The van der Waals surface area contributed by atoms with Crippen LogP contribution in [0.2, 0.25) is 0 Å². The summed E-state index contributed by atoms with van der Waals surface area (Å²) in [7, 11) is 0. The van der Waals surface area contributed by atoms with E-state index in [2.05, 4.69) is 42.2 Å². The van der Waals surface area contributed by atoms with Crippen LogP contribution in [0.15, 0.2) is 18.5 Å². The number of rotatable bonds is 5. The molecule has 2 aromatic rings. The van der Waals surface area contributed by atoms with E-state index in [0.717, 1.165) is 43.0 Å². The van der Waals surface area contributed by atoms with Gasteiger partial charge in [-0.2, -0.15) is 5.10 Å². The van der Waals surface area contributed by atoms with Gasteiger partial charge in [-0.05, 0) is 25.5 Å². The summed E-state index contributed by atoms with van der Waals surface area (Å²) >= 11 is 0. The Morgan fingerprint density at radius 2 is 2.11 bits per heavy atom. The van der Waals surface area contributed by atoms with Crippen LogP contribution < -0.4 is 11.1 Å². The molecule has 0 spiro atoms. The van der Waals surface area contributed by atoms with Crippen molar-refractivity contribution in [3.8, 4) is 0 Å². The minimum Gasteiger partial charge on any atom is -0.368 e. The van der Waals surface area contributed by atoms with E-state index in [9.17, 15) is 0 Å². The fourth-order valence-corrected chi connectivity index (χ4v) is 1.90. The topological polar surface area (TPSA) is 68.2 Å². The van der Waals surface area contributed by atoms with Crippen LogP contribution in [0.5, 0.6) is 0 Å². The van der Waals surface area contributed by atoms with Gasteiger partial charge < -0.3 is 11.1 Å². The molecule has 0 aliphatic heterocycles. The normalized spacial score (nSPS) is 12.0. The summed E-state index contributed by atoms with van der Waals surface area (Å²) < 4.78 is 1.89. The predicted molar refractivity (Wildman–Crippen MR) is 78.5 cm³/mol. The summed E-state index contributed by atoms with van der Waals surface area (Å²) in [6, 6.07) is 2.11. The van der Waals surface area contributed by atoms with Gasteiger partial charge in [0.15, 0.2) is 5.82 Å². The Labute approximate surface area is 114 Å². The van der Waals surface area contributed by atoms with Crippen LogP contribution in [0, 0.1) is 0 Å². The second kappa shape index (κ2) is 5.57. The Bertz CT molecular complexity index is 538. The molecule has 0 aliphatic rings. The van der Waals surface area contributed by atoms with Gasteiger partial charge in [-0.25, -0.2) is 9.50 Å². The molecule has 5 nitrogen and oxygen atoms in total. The van der Waals surface area contributed by atoms with Crippen LogP contribution in [-0.2, 0) is 5.41 Å². The molecule has 0 aliphatic carbocycles. The van der Waals surface area contributed by atoms with E-state index in [1.807, 2.05) is 10.7 Å². The van der Waals surface area contributed by atoms with Crippen LogP contribution in [0.1, 0.15) is 39.3 Å². The number of aromatic nitrogens is 3. The molecule has 3 N–H and O–H groups in total. The zero-order valence-electron chi connectivity index (χ0n) is 12.0. The third-order valence-corrected chi connectivity index (χ3v) is 3.08. The average Bonchev–Trinajstić information content (AvgIpc) is 2.79. The van der Waals surface area contributed by atoms with E-state index in [0.29, 0.717) is 0 Å². The Kier molecular flexibility index (Phi) is 4.04. The third kappa shape index (κ3) is 3.23. The number of nitrogens with two attached hydrogens (primary N) is 1. The van der Waals surface area contributed by atoms with E-state index >= 15 is 0 Å². The monoisotopic (exact) mass is 261 g/mol. The molecular formula is C14H23N5. The third-order valence-electron chi connectivity index (χ3n) is 3.08. The summed E-state index contributed by atoms with van der Waals surface area (Å²) in [5.74, 6) is 0.891. The maximum Gasteiger partial charge on any atom is 0.152 e. The predicted octanol–water partition coefficient (Wildman–Crippen LogP) is 2.18. The molecule has 0 unspecified atom stereocenters. The quantitative estimate of drug-likeness (QED) is 0.809. The van der Waals surface area contributed by atoms with Gasteiger partial charge in [0.2, 0.25) is 0 Å². The second-order valence-electron chi connectivity index (χ2n) is 5.81. The minimum atomic E-state index is 0.0445. The van der Waals surface area contributed by atoms with Crippen LogP contribution >= 0.6 is 0 Å². The molecule has 104 valence electrons. The molecule has 0 aromatic carbocycles. The minimum absolute atomic E-state index is 0.0445. The summed E-state index contributed by atoms with van der Waals surface area (Å²) in [6.07, 6.45) is 5.75. The van der Waals surface area contributed by atoms with Crippen molar-refractivity contribution in [3.05, 3.63) is 24.2 Å². The van der Waals surface area contributed by atoms with Gasteiger partial charge in [0.05, 0.1) is 5.69 Å². The van der Waals surface area contributed by atoms with Gasteiger partial charge >= 0.3 is 0 Å². The molecule has 19 heavy (non-hydrogen) atoms. The number of hydrogen-bond acceptors (Lipinski definition) is 4. The van der Waals surface area contributed by atoms with Crippen molar-refractivity contribution in [1.82, 2.24) is 14.6 Å². The van der Waals surface area contributed by atoms with Crippen molar-refractivity contribution in [2.45, 2.75) is 39.0 Å². The van der Waals surface area contributed by atoms with E-state index in [-0.39, 0.29) is 5.41 Å². The summed E-state index contributed by atoms with van der Waals surface area (Å²) in [5.41, 5.74) is 7.64. The Morgan fingerprint density at radius 1 is 1.32 bits per heavy atom. The molecule has 0 amide bonds. The second-order valence-corrected chi connectivity index (χ2v) is 5.81. The van der Waals surface area contributed by atoms with Crippen molar-refractivity contribution >= 4 is 11.3 Å². The first-order chi connectivity index (χ1) is 9.02. The summed E-state index contributed by atoms with van der Waals surface area (Å²) in [4.78, 5) is 4.40. The van der Waals surface area contributed by atoms with Crippen molar-refractivity contribution in [1.29, 1.82) is 0 Å². The Hall–Kier alpha value is -1.62. The van der Waals surface area contributed by atoms with Crippen molar-refractivity contribution < 1.29 is 0 Å². The molecule has 0 fully saturated rings. The fourth-order valence-electron chi connectivity index (χ4n) is 1.90. The first-order valence-electron chi connectivity index (χ1n) is 6.81. The van der Waals surface area contributed by atoms with Crippen molar-refractivity contribution in [2.24, 2.45) is 5.73 Å². The lowest BCUT2D eigenvalue weighted by molar-refractivity contribution is 0.562. The van der Waals surface area contributed by atoms with Crippen molar-refractivity contribution in [3.63, 3.8) is 0 Å². The number of hydrogen-bond donors (Lipinski definition) is 2. The lowest BCUT2D eigenvalue weighted by atomic mass is 9.92. The highest BCUT2D eigenvalue weighted by Gasteiger charge is 2.18. The van der Waals surface area contributed by atoms with E-state index < -0.39 is 0 Å². The number of nitrogens with zero attached hydrogens (tertiary/aromatic N) is 3. The Balaban J connectivity index is 2.22. The molecule has 2 rings (SSSR count). The van der Waals surface area contributed by atoms with Gasteiger partial charge in [0.1, 0.15) is 5.52 Å². The van der Waals surface area contributed by atoms with Gasteiger partial charge in [0.25, 0.3) is 0 Å². The molecule has 5 heteroatoms. The lowest BCUT2D eigenvalue weighted by Gasteiger charge is -2.13. The van der Waals surface area contributed by atoms with Crippen LogP contribution in [0.4, 0.5) is 5.82 Å². The van der Waals surface area contributed by atoms with Gasteiger partial charge in [-0.1, -0.05) is 20.8 Å². The number of anilines is 1. The Morgan fingerprint density at radius 3 is 2.79 bits per heavy atom. The number of nitrogens with one attached hydrogen (secondary N) is 1. The van der Waals surface area contributed by atoms with E-state index in [1.165, 1.54) is 0 Å². The highest BCUT2D eigenvalue weighted by molar-refractivity contribution is 5.68. The van der Waals surface area contributed by atoms with Gasteiger partial charge in [-0.3, -0.25) is 0 Å². The smallest absolute Gasteiger partial charge is 0.152 e. The van der Waals surface area contributed by atoms with Crippen LogP contribution in [-0.4, -0.2) is 27.7 Å². The maximum atomic E-state index is 5.49. The molecular weight excluding hydrogens is 238 g/mol. The van der Waals surface area contributed by atoms with Crippen LogP contribution in [0.25, 0.3) is 5.52 Å². The number of fused-ring (bicyclic) bond motifs is 1. The molecule has 0 saturated carbocycles. The maximum absolute atomic E-state index is 5.49. The summed E-state index contributed by atoms with van der Waals surface area (Å²) in [5, 5.41) is 7.97. The zero-order valence-corrected chi connectivity index (χ0v) is 12.0. The highest BCUT2D eigenvalue weighted by Crippen LogP contribution is 2.24. The zero-order chi connectivity index (χ0) is 13.9. The molecule has 0 atom stereocenters. The first-order valence-corrected chi connectivity index (χ1v) is 6.81. The lowest BCUT2D eigenvalue weighted by Crippen LogP contribution is -2.11. The van der Waals surface area contributed by atoms with Gasteiger partial charge in [0, 0.05) is 24.4 Å². The van der Waals surface area contributed by atoms with Crippen molar-refractivity contribution in [2.75, 3.05) is 18.4 Å². The highest BCUT2D eigenvalue weighted by atomic mass is 15.2. The van der Waals surface area contributed by atoms with E-state index in [1.54, 1.807) is 6.20 Å². The van der Waals surface area contributed by atoms with Crippen LogP contribution in [0.3, 0.4) is 0 Å². The molecule has 0 saturated heterocycles. The average molecular weight is 261 g/mol. The SMILES string of the molecule is CC(C)(C)c1cc2c(NCCCCN)nccn2n1. The first kappa shape index (κ1) is 13.8. The van der Waals surface area contributed by atoms with E-state index in [4.69, 9.17) is 5.73 Å². The molecule has 2 aromatic heterocycles. The molecule has 0 radical (unpaired) electrons. The number of unbranched alkanes of at least 4 members (excludes halogenated alkanes) is 1. The summed E-state index contributed by atoms with van der Waals surface area (Å²) in [6.45, 7) is 8.11. The molecule has 0 bridgehead atoms. The van der Waals surface area contributed by atoms with Gasteiger partial charge in [-0.15, -0.1) is 0 Å². The fraction of sp³-hybridized carbons (Fsp3) is 0.571. The molecule has 2 heterocycles.